The van der Waals surface area contributed by atoms with Crippen molar-refractivity contribution in [2.24, 2.45) is 0 Å². The molecular formula is C19H22N6. The van der Waals surface area contributed by atoms with Crippen LogP contribution in [-0.4, -0.2) is 45.5 Å². The Kier molecular flexibility index (Phi) is 5.30. The number of anilines is 1. The minimum absolute atomic E-state index is 0.151. The molecule has 0 aliphatic rings. The zero-order valence-electron chi connectivity index (χ0n) is 14.7. The van der Waals surface area contributed by atoms with Gasteiger partial charge in [0.05, 0.1) is 11.7 Å². The summed E-state index contributed by atoms with van der Waals surface area (Å²) in [4.78, 5) is 19.9. The van der Waals surface area contributed by atoms with Gasteiger partial charge < -0.3 is 5.32 Å². The highest BCUT2D eigenvalue weighted by Gasteiger charge is 2.15. The number of aryl methyl sites for hydroxylation is 1. The van der Waals surface area contributed by atoms with Gasteiger partial charge in [-0.2, -0.15) is 0 Å². The van der Waals surface area contributed by atoms with Crippen LogP contribution in [0.5, 0.6) is 0 Å². The van der Waals surface area contributed by atoms with Gasteiger partial charge in [0, 0.05) is 42.5 Å². The molecule has 0 radical (unpaired) electrons. The van der Waals surface area contributed by atoms with Crippen LogP contribution < -0.4 is 5.32 Å². The standard InChI is InChI=1S/C19H22N6/c1-14-11-18(24-19(23-14)15-7-6-9-20-12-15)22-13-17(25(2)3)16-8-4-5-10-21-16/h4-12,17H,13H2,1-3H3,(H,22,23,24)/t17-/m1/s1. The van der Waals surface area contributed by atoms with Gasteiger partial charge in [-0.3, -0.25) is 14.9 Å². The van der Waals surface area contributed by atoms with E-state index in [9.17, 15) is 0 Å². The van der Waals surface area contributed by atoms with E-state index in [2.05, 4.69) is 30.2 Å². The summed E-state index contributed by atoms with van der Waals surface area (Å²) < 4.78 is 0. The fourth-order valence-corrected chi connectivity index (χ4v) is 2.61. The summed E-state index contributed by atoms with van der Waals surface area (Å²) in [5.41, 5.74) is 2.84. The zero-order valence-corrected chi connectivity index (χ0v) is 14.7. The van der Waals surface area contributed by atoms with Gasteiger partial charge in [-0.25, -0.2) is 9.97 Å². The quantitative estimate of drug-likeness (QED) is 0.747. The van der Waals surface area contributed by atoms with Crippen molar-refractivity contribution < 1.29 is 0 Å². The first-order valence-electron chi connectivity index (χ1n) is 8.21. The van der Waals surface area contributed by atoms with Crippen molar-refractivity contribution in [3.8, 4) is 11.4 Å². The van der Waals surface area contributed by atoms with Crippen molar-refractivity contribution >= 4 is 5.82 Å². The normalized spacial score (nSPS) is 12.2. The first kappa shape index (κ1) is 17.0. The number of likely N-dealkylation sites (N-methyl/N-ethyl adjacent to an activating group) is 1. The van der Waals surface area contributed by atoms with Crippen molar-refractivity contribution in [1.29, 1.82) is 0 Å². The van der Waals surface area contributed by atoms with Crippen LogP contribution in [0.2, 0.25) is 0 Å². The lowest BCUT2D eigenvalue weighted by Gasteiger charge is -2.24. The van der Waals surface area contributed by atoms with Crippen LogP contribution in [0.3, 0.4) is 0 Å². The smallest absolute Gasteiger partial charge is 0.163 e. The highest BCUT2D eigenvalue weighted by molar-refractivity contribution is 5.56. The molecule has 0 unspecified atom stereocenters. The molecule has 6 nitrogen and oxygen atoms in total. The summed E-state index contributed by atoms with van der Waals surface area (Å²) in [6, 6.07) is 11.9. The Balaban J connectivity index is 1.79. The lowest BCUT2D eigenvalue weighted by molar-refractivity contribution is 0.306. The molecule has 0 spiro atoms. The summed E-state index contributed by atoms with van der Waals surface area (Å²) in [5.74, 6) is 1.48. The average molecular weight is 334 g/mol. The molecule has 0 saturated carbocycles. The second-order valence-electron chi connectivity index (χ2n) is 6.07. The SMILES string of the molecule is Cc1cc(NC[C@H](c2ccccn2)N(C)C)nc(-c2cccnc2)n1. The minimum atomic E-state index is 0.151. The predicted octanol–water partition coefficient (Wildman–Crippen LogP) is 2.96. The van der Waals surface area contributed by atoms with Crippen LogP contribution in [0.1, 0.15) is 17.4 Å². The number of pyridine rings is 2. The molecule has 128 valence electrons. The number of rotatable bonds is 6. The van der Waals surface area contributed by atoms with E-state index >= 15 is 0 Å². The number of nitrogens with one attached hydrogen (secondary N) is 1. The molecule has 0 saturated heterocycles. The van der Waals surface area contributed by atoms with Crippen LogP contribution >= 0.6 is 0 Å². The molecule has 0 aliphatic heterocycles. The average Bonchev–Trinajstić information content (AvgIpc) is 2.63. The molecular weight excluding hydrogens is 312 g/mol. The first-order chi connectivity index (χ1) is 12.1. The highest BCUT2D eigenvalue weighted by Crippen LogP contribution is 2.19. The van der Waals surface area contributed by atoms with Gasteiger partial charge in [0.15, 0.2) is 5.82 Å². The van der Waals surface area contributed by atoms with Gasteiger partial charge in [0.2, 0.25) is 0 Å². The van der Waals surface area contributed by atoms with Crippen molar-refractivity contribution in [2.75, 3.05) is 26.0 Å². The van der Waals surface area contributed by atoms with E-state index in [-0.39, 0.29) is 6.04 Å². The van der Waals surface area contributed by atoms with E-state index in [1.165, 1.54) is 0 Å². The van der Waals surface area contributed by atoms with Crippen LogP contribution in [-0.2, 0) is 0 Å². The third kappa shape index (κ3) is 4.36. The fourth-order valence-electron chi connectivity index (χ4n) is 2.61. The number of hydrogen-bond donors (Lipinski definition) is 1. The zero-order chi connectivity index (χ0) is 17.6. The molecule has 0 aliphatic carbocycles. The Morgan fingerprint density at radius 1 is 1.08 bits per heavy atom. The Bertz CT molecular complexity index is 805. The van der Waals surface area contributed by atoms with E-state index < -0.39 is 0 Å². The summed E-state index contributed by atoms with van der Waals surface area (Å²) >= 11 is 0. The Morgan fingerprint density at radius 3 is 2.64 bits per heavy atom. The highest BCUT2D eigenvalue weighted by atomic mass is 15.1. The van der Waals surface area contributed by atoms with E-state index in [0.717, 1.165) is 22.8 Å². The summed E-state index contributed by atoms with van der Waals surface area (Å²) in [6.07, 6.45) is 5.34. The second-order valence-corrected chi connectivity index (χ2v) is 6.07. The van der Waals surface area contributed by atoms with Crippen molar-refractivity contribution in [3.05, 3.63) is 66.4 Å². The number of aromatic nitrogens is 4. The maximum absolute atomic E-state index is 4.63. The topological polar surface area (TPSA) is 66.8 Å². The number of hydrogen-bond acceptors (Lipinski definition) is 6. The number of nitrogens with zero attached hydrogens (tertiary/aromatic N) is 5. The molecule has 6 heteroatoms. The van der Waals surface area contributed by atoms with E-state index in [0.29, 0.717) is 12.4 Å². The molecule has 3 aromatic heterocycles. The Hall–Kier alpha value is -2.86. The van der Waals surface area contributed by atoms with E-state index in [1.54, 1.807) is 12.4 Å². The molecule has 1 N–H and O–H groups in total. The van der Waals surface area contributed by atoms with Crippen molar-refractivity contribution in [1.82, 2.24) is 24.8 Å². The molecule has 1 atom stereocenters. The predicted molar refractivity (Wildman–Crippen MR) is 99.2 cm³/mol. The van der Waals surface area contributed by atoms with Crippen LogP contribution in [0.15, 0.2) is 55.0 Å². The lowest BCUT2D eigenvalue weighted by atomic mass is 10.1. The van der Waals surface area contributed by atoms with Gasteiger partial charge in [0.25, 0.3) is 0 Å². The van der Waals surface area contributed by atoms with Gasteiger partial charge in [-0.1, -0.05) is 6.07 Å². The van der Waals surface area contributed by atoms with Crippen molar-refractivity contribution in [3.63, 3.8) is 0 Å². The second kappa shape index (κ2) is 7.81. The van der Waals surface area contributed by atoms with Gasteiger partial charge >= 0.3 is 0 Å². The van der Waals surface area contributed by atoms with Gasteiger partial charge in [-0.05, 0) is 45.3 Å². The summed E-state index contributed by atoms with van der Waals surface area (Å²) in [7, 11) is 4.10. The Labute approximate surface area is 148 Å². The molecule has 25 heavy (non-hydrogen) atoms. The monoisotopic (exact) mass is 334 g/mol. The van der Waals surface area contributed by atoms with Gasteiger partial charge in [-0.15, -0.1) is 0 Å². The fraction of sp³-hybridized carbons (Fsp3) is 0.263. The largest absolute Gasteiger partial charge is 0.368 e. The molecule has 3 aromatic rings. The van der Waals surface area contributed by atoms with Crippen LogP contribution in [0.4, 0.5) is 5.82 Å². The molecule has 0 bridgehead atoms. The molecule has 0 amide bonds. The summed E-state index contributed by atoms with van der Waals surface area (Å²) in [6.45, 7) is 2.67. The van der Waals surface area contributed by atoms with Crippen molar-refractivity contribution in [2.45, 2.75) is 13.0 Å². The van der Waals surface area contributed by atoms with E-state index in [1.807, 2.05) is 63.6 Å². The summed E-state index contributed by atoms with van der Waals surface area (Å²) in [5, 5.41) is 3.42. The third-order valence-electron chi connectivity index (χ3n) is 3.90. The van der Waals surface area contributed by atoms with Gasteiger partial charge in [0.1, 0.15) is 5.82 Å². The Morgan fingerprint density at radius 2 is 1.96 bits per heavy atom. The maximum Gasteiger partial charge on any atom is 0.163 e. The minimum Gasteiger partial charge on any atom is -0.368 e. The molecule has 3 heterocycles. The third-order valence-corrected chi connectivity index (χ3v) is 3.90. The van der Waals surface area contributed by atoms with Crippen LogP contribution in [0.25, 0.3) is 11.4 Å². The lowest BCUT2D eigenvalue weighted by Crippen LogP contribution is -2.27. The van der Waals surface area contributed by atoms with Crippen LogP contribution in [0, 0.1) is 6.92 Å². The first-order valence-corrected chi connectivity index (χ1v) is 8.21. The maximum atomic E-state index is 4.63. The molecule has 0 aromatic carbocycles. The molecule has 3 rings (SSSR count). The van der Waals surface area contributed by atoms with E-state index in [4.69, 9.17) is 0 Å². The molecule has 0 fully saturated rings.